The molecule has 4 aromatic carbocycles. The number of ether oxygens (including phenoxy) is 1. The fourth-order valence-electron chi connectivity index (χ4n) is 7.18. The normalized spacial score (nSPS) is 12.6. The van der Waals surface area contributed by atoms with E-state index < -0.39 is 0 Å². The van der Waals surface area contributed by atoms with Crippen molar-refractivity contribution in [3.63, 3.8) is 0 Å². The second-order valence-electron chi connectivity index (χ2n) is 17.6. The van der Waals surface area contributed by atoms with Gasteiger partial charge in [0.2, 0.25) is 0 Å². The number of aromatic nitrogens is 2. The molecule has 3 nitrogen and oxygen atoms in total. The van der Waals surface area contributed by atoms with E-state index in [2.05, 4.69) is 154 Å². The van der Waals surface area contributed by atoms with Crippen molar-refractivity contribution in [2.24, 2.45) is 5.41 Å². The average Bonchev–Trinajstić information content (AvgIpc) is 3.67. The number of fused-ring (bicyclic) bond motifs is 6. The third-order valence-electron chi connectivity index (χ3n) is 10.1. The Morgan fingerprint density at radius 1 is 0.630 bits per heavy atom. The SMILES string of the molecule is Cc1c(CC(C)(C)C)ccc2c1[se]c1c(-c3[c-]c(Oc4[c-]c(-c5cc(C(C)(C)C)ccn5)c5[se]c6ccccc6c5c4)cc(C(C)(C)C)c3)nccc12.[Pt+2]. The molecule has 4 aromatic heterocycles. The Morgan fingerprint density at radius 2 is 1.33 bits per heavy atom. The molecular weight excluding hydrogens is 974 g/mol. The van der Waals surface area contributed by atoms with Crippen LogP contribution >= 0.6 is 0 Å². The first-order chi connectivity index (χ1) is 25.0. The van der Waals surface area contributed by atoms with Crippen LogP contribution in [0.15, 0.2) is 85.2 Å². The molecule has 0 bridgehead atoms. The maximum absolute atomic E-state index is 6.88. The summed E-state index contributed by atoms with van der Waals surface area (Å²) in [6.07, 6.45) is 4.97. The number of aryl methyl sites for hydroxylation is 1. The van der Waals surface area contributed by atoms with Crippen molar-refractivity contribution in [3.05, 3.63) is 120 Å². The van der Waals surface area contributed by atoms with Gasteiger partial charge in [-0.15, -0.1) is 0 Å². The second kappa shape index (κ2) is 14.3. The number of rotatable bonds is 5. The molecule has 0 aliphatic heterocycles. The van der Waals surface area contributed by atoms with Gasteiger partial charge in [0, 0.05) is 0 Å². The van der Waals surface area contributed by atoms with E-state index in [9.17, 15) is 0 Å². The van der Waals surface area contributed by atoms with E-state index in [4.69, 9.17) is 14.7 Å². The zero-order valence-electron chi connectivity index (χ0n) is 32.7. The predicted molar refractivity (Wildman–Crippen MR) is 226 cm³/mol. The van der Waals surface area contributed by atoms with Gasteiger partial charge >= 0.3 is 349 Å². The van der Waals surface area contributed by atoms with Gasteiger partial charge in [0.05, 0.1) is 0 Å². The summed E-state index contributed by atoms with van der Waals surface area (Å²) in [7, 11) is 0. The summed E-state index contributed by atoms with van der Waals surface area (Å²) in [6.45, 7) is 22.8. The number of hydrogen-bond acceptors (Lipinski definition) is 3. The van der Waals surface area contributed by atoms with Crippen LogP contribution in [0.25, 0.3) is 61.1 Å². The molecule has 0 spiro atoms. The first kappa shape index (κ1) is 39.0. The van der Waals surface area contributed by atoms with Crippen LogP contribution in [0.3, 0.4) is 0 Å². The van der Waals surface area contributed by atoms with Gasteiger partial charge in [0.25, 0.3) is 0 Å². The standard InChI is InChI=1S/C48H46N2OSe2.Pt/c1-28-29(27-46(2,3)4)15-16-36-37-18-20-50-42(45(37)53-43(28)36)30-21-32(48(8,9)10)23-33(22-30)51-34-25-38-35-13-11-12-14-41(35)52-44(38)39(26-34)40-24-31(17-19-49-40)47(5,6)7;/h11-21,23-25H,27H2,1-10H3;/q-2;+2. The Labute approximate surface area is 346 Å². The fraction of sp³-hybridized carbons (Fsp3) is 0.292. The van der Waals surface area contributed by atoms with E-state index in [1.165, 1.54) is 60.8 Å². The Kier molecular flexibility index (Phi) is 10.3. The number of pyridine rings is 2. The second-order valence-corrected chi connectivity index (χ2v) is 22.0. The van der Waals surface area contributed by atoms with Crippen LogP contribution in [0.2, 0.25) is 0 Å². The van der Waals surface area contributed by atoms with Gasteiger partial charge in [-0.1, -0.05) is 0 Å². The molecule has 0 N–H and O–H groups in total. The van der Waals surface area contributed by atoms with Gasteiger partial charge in [-0.2, -0.15) is 0 Å². The predicted octanol–water partition coefficient (Wildman–Crippen LogP) is 12.4. The van der Waals surface area contributed by atoms with Crippen molar-refractivity contribution in [2.75, 3.05) is 0 Å². The Hall–Kier alpha value is -3.29. The minimum absolute atomic E-state index is 0. The molecule has 0 saturated carbocycles. The van der Waals surface area contributed by atoms with Crippen molar-refractivity contribution < 1.29 is 25.8 Å². The third kappa shape index (κ3) is 7.48. The summed E-state index contributed by atoms with van der Waals surface area (Å²) in [5, 5.41) is 5.14. The van der Waals surface area contributed by atoms with Crippen LogP contribution in [0, 0.1) is 24.5 Å². The van der Waals surface area contributed by atoms with Crippen LogP contribution < -0.4 is 4.74 Å². The van der Waals surface area contributed by atoms with Crippen LogP contribution in [0.5, 0.6) is 11.5 Å². The molecule has 0 unspecified atom stereocenters. The fourth-order valence-corrected chi connectivity index (χ4v) is 12.5. The summed E-state index contributed by atoms with van der Waals surface area (Å²) >= 11 is 0.275. The molecule has 0 radical (unpaired) electrons. The molecule has 0 atom stereocenters. The third-order valence-corrected chi connectivity index (χ3v) is 15.4. The molecule has 8 rings (SSSR count). The van der Waals surface area contributed by atoms with E-state index in [-0.39, 0.29) is 66.3 Å². The van der Waals surface area contributed by atoms with Crippen molar-refractivity contribution in [2.45, 2.75) is 86.5 Å². The molecular formula is C48H46N2OPtSe2. The smallest absolute Gasteiger partial charge is 2.00 e. The molecule has 276 valence electrons. The minimum Gasteiger partial charge on any atom is 2.00 e. The number of benzene rings is 4. The summed E-state index contributed by atoms with van der Waals surface area (Å²) in [4.78, 5) is 9.96. The molecule has 0 fully saturated rings. The van der Waals surface area contributed by atoms with Crippen molar-refractivity contribution >= 4 is 67.6 Å². The Balaban J connectivity index is 0.00000450. The van der Waals surface area contributed by atoms with Crippen LogP contribution in [-0.4, -0.2) is 39.0 Å². The van der Waals surface area contributed by atoms with Gasteiger partial charge in [0.15, 0.2) is 0 Å². The monoisotopic (exact) mass is 1020 g/mol. The number of hydrogen-bond donors (Lipinski definition) is 0. The van der Waals surface area contributed by atoms with Gasteiger partial charge in [-0.05, 0) is 0 Å². The molecule has 4 heterocycles. The Bertz CT molecular complexity index is 2700. The van der Waals surface area contributed by atoms with Gasteiger partial charge < -0.3 is 0 Å². The molecule has 0 amide bonds. The average molecular weight is 1020 g/mol. The van der Waals surface area contributed by atoms with Crippen LogP contribution in [0.4, 0.5) is 0 Å². The molecule has 0 aliphatic carbocycles. The quantitative estimate of drug-likeness (QED) is 0.127. The van der Waals surface area contributed by atoms with Crippen molar-refractivity contribution in [3.8, 4) is 34.0 Å². The van der Waals surface area contributed by atoms with Gasteiger partial charge in [-0.3, -0.25) is 0 Å². The molecule has 54 heavy (non-hydrogen) atoms. The summed E-state index contributed by atoms with van der Waals surface area (Å²) in [5.41, 5.74) is 9.38. The first-order valence-electron chi connectivity index (χ1n) is 18.4. The zero-order chi connectivity index (χ0) is 37.4. The summed E-state index contributed by atoms with van der Waals surface area (Å²) in [6, 6.07) is 34.0. The van der Waals surface area contributed by atoms with Crippen LogP contribution in [-0.2, 0) is 38.3 Å². The summed E-state index contributed by atoms with van der Waals surface area (Å²) in [5.74, 6) is 1.35. The van der Waals surface area contributed by atoms with E-state index in [0.29, 0.717) is 11.5 Å². The van der Waals surface area contributed by atoms with Gasteiger partial charge in [-0.25, -0.2) is 0 Å². The summed E-state index contributed by atoms with van der Waals surface area (Å²) < 4.78 is 12.4. The van der Waals surface area contributed by atoms with Crippen molar-refractivity contribution in [1.82, 2.24) is 9.97 Å². The Morgan fingerprint density at radius 3 is 2.07 bits per heavy atom. The minimum atomic E-state index is -0.113. The first-order valence-corrected chi connectivity index (χ1v) is 21.9. The molecule has 8 aromatic rings. The zero-order valence-corrected chi connectivity index (χ0v) is 38.4. The van der Waals surface area contributed by atoms with Gasteiger partial charge in [0.1, 0.15) is 0 Å². The molecule has 6 heteroatoms. The van der Waals surface area contributed by atoms with E-state index >= 15 is 0 Å². The van der Waals surface area contributed by atoms with E-state index in [1.807, 2.05) is 12.4 Å². The topological polar surface area (TPSA) is 35.0 Å². The van der Waals surface area contributed by atoms with E-state index in [0.717, 1.165) is 28.9 Å². The maximum Gasteiger partial charge on any atom is 2.00 e. The molecule has 0 aliphatic rings. The van der Waals surface area contributed by atoms with E-state index in [1.54, 1.807) is 0 Å². The largest absolute Gasteiger partial charge is 2.00 e. The van der Waals surface area contributed by atoms with Crippen LogP contribution in [0.1, 0.15) is 84.6 Å². The van der Waals surface area contributed by atoms with Crippen molar-refractivity contribution in [1.29, 1.82) is 0 Å². The molecule has 0 saturated heterocycles. The maximum atomic E-state index is 6.88. The number of nitrogens with zero attached hydrogens (tertiary/aromatic N) is 2.